The van der Waals surface area contributed by atoms with Crippen LogP contribution >= 0.6 is 0 Å². The first-order valence-electron chi connectivity index (χ1n) is 12.3. The summed E-state index contributed by atoms with van der Waals surface area (Å²) in [4.78, 5) is 28.7. The predicted molar refractivity (Wildman–Crippen MR) is 140 cm³/mol. The van der Waals surface area contributed by atoms with Crippen LogP contribution in [0, 0.1) is 18.2 Å². The number of nitrogens with zero attached hydrogens (tertiary/aromatic N) is 3. The molecule has 0 fully saturated rings. The first kappa shape index (κ1) is 26.7. The van der Waals surface area contributed by atoms with Gasteiger partial charge in [-0.2, -0.15) is 18.3 Å². The van der Waals surface area contributed by atoms with Gasteiger partial charge < -0.3 is 5.32 Å². The van der Waals surface area contributed by atoms with Gasteiger partial charge in [0.2, 0.25) is 0 Å². The van der Waals surface area contributed by atoms with E-state index < -0.39 is 41.3 Å². The van der Waals surface area contributed by atoms with Crippen LogP contribution in [-0.4, -0.2) is 34.2 Å². The van der Waals surface area contributed by atoms with Crippen molar-refractivity contribution in [2.75, 3.05) is 11.4 Å². The van der Waals surface area contributed by atoms with Crippen LogP contribution in [0.5, 0.6) is 0 Å². The Bertz CT molecular complexity index is 1620. The fraction of sp³-hybridized carbons (Fsp3) is 0.167. The van der Waals surface area contributed by atoms with Gasteiger partial charge >= 0.3 is 6.18 Å². The molecule has 10 heteroatoms. The maximum absolute atomic E-state index is 14.0. The largest absolute Gasteiger partial charge is 0.416 e. The van der Waals surface area contributed by atoms with Gasteiger partial charge in [0.25, 0.3) is 11.8 Å². The number of rotatable bonds is 5. The normalized spacial score (nSPS) is 16.8. The van der Waals surface area contributed by atoms with Gasteiger partial charge in [0.1, 0.15) is 23.4 Å². The van der Waals surface area contributed by atoms with Crippen molar-refractivity contribution in [1.29, 1.82) is 0 Å². The van der Waals surface area contributed by atoms with Crippen molar-refractivity contribution in [2.24, 2.45) is 0 Å². The molecule has 1 aliphatic rings. The van der Waals surface area contributed by atoms with E-state index in [1.54, 1.807) is 35.9 Å². The zero-order valence-corrected chi connectivity index (χ0v) is 21.1. The van der Waals surface area contributed by atoms with Crippen LogP contribution in [0.3, 0.4) is 0 Å². The average Bonchev–Trinajstić information content (AvgIpc) is 3.33. The smallest absolute Gasteiger partial charge is 0.339 e. The number of para-hydroxylation sites is 1. The summed E-state index contributed by atoms with van der Waals surface area (Å²) in [5.41, 5.74) is 0.486. The molecule has 0 saturated carbocycles. The summed E-state index contributed by atoms with van der Waals surface area (Å²) in [6.07, 6.45) is 1.21. The molecule has 1 aliphatic heterocycles. The number of alkyl halides is 3. The Balaban J connectivity index is 1.68. The summed E-state index contributed by atoms with van der Waals surface area (Å²) in [6.45, 7) is 1.92. The van der Waals surface area contributed by atoms with Crippen molar-refractivity contribution in [3.05, 3.63) is 113 Å². The van der Waals surface area contributed by atoms with E-state index >= 15 is 0 Å². The van der Waals surface area contributed by atoms with E-state index in [0.717, 1.165) is 18.2 Å². The number of benzene rings is 3. The number of anilines is 1. The molecule has 40 heavy (non-hydrogen) atoms. The standard InChI is InChI=1S/C30H22F4N4O2/c1-3-23-25-24(18-13-15-21(31)16-14-18)26(35-27(39)19-9-8-10-20(17-19)30(32,33)34)29(40)37(4-2)28(25)38(36-23)22-11-6-5-7-12-22/h1,5-17,24,26H,4H2,2H3,(H,35,39)/t24-,26-/m0/s1. The lowest BCUT2D eigenvalue weighted by Gasteiger charge is -2.38. The number of carbonyl (C=O) groups excluding carboxylic acids is 2. The summed E-state index contributed by atoms with van der Waals surface area (Å²) >= 11 is 0. The Hall–Kier alpha value is -4.91. The quantitative estimate of drug-likeness (QED) is 0.273. The lowest BCUT2D eigenvalue weighted by atomic mass is 9.81. The van der Waals surface area contributed by atoms with E-state index in [1.807, 2.05) is 6.07 Å². The minimum absolute atomic E-state index is 0.181. The zero-order chi connectivity index (χ0) is 28.6. The number of nitrogens with one attached hydrogen (secondary N) is 1. The van der Waals surface area contributed by atoms with Gasteiger partial charge in [-0.1, -0.05) is 36.4 Å². The second-order valence-electron chi connectivity index (χ2n) is 9.12. The molecule has 4 aromatic rings. The van der Waals surface area contributed by atoms with Crippen LogP contribution < -0.4 is 10.2 Å². The number of fused-ring (bicyclic) bond motifs is 1. The lowest BCUT2D eigenvalue weighted by Crippen LogP contribution is -2.55. The Kier molecular flexibility index (Phi) is 6.90. The molecule has 5 rings (SSSR count). The second-order valence-corrected chi connectivity index (χ2v) is 9.12. The summed E-state index contributed by atoms with van der Waals surface area (Å²) in [6, 6.07) is 17.0. The molecule has 0 spiro atoms. The van der Waals surface area contributed by atoms with Crippen LogP contribution in [0.25, 0.3) is 5.69 Å². The van der Waals surface area contributed by atoms with Crippen molar-refractivity contribution in [3.63, 3.8) is 0 Å². The highest BCUT2D eigenvalue weighted by molar-refractivity contribution is 6.05. The van der Waals surface area contributed by atoms with Crippen molar-refractivity contribution >= 4 is 17.6 Å². The Labute approximate surface area is 227 Å². The second kappa shape index (κ2) is 10.3. The van der Waals surface area contributed by atoms with E-state index in [9.17, 15) is 27.2 Å². The average molecular weight is 547 g/mol. The van der Waals surface area contributed by atoms with Crippen molar-refractivity contribution < 1.29 is 27.2 Å². The Morgan fingerprint density at radius 2 is 1.75 bits per heavy atom. The highest BCUT2D eigenvalue weighted by Gasteiger charge is 2.46. The van der Waals surface area contributed by atoms with Crippen LogP contribution in [0.4, 0.5) is 23.4 Å². The molecule has 0 radical (unpaired) electrons. The number of likely N-dealkylation sites (N-methyl/N-ethyl adjacent to an activating group) is 1. The Morgan fingerprint density at radius 3 is 2.38 bits per heavy atom. The third kappa shape index (κ3) is 4.71. The molecule has 3 aromatic carbocycles. The van der Waals surface area contributed by atoms with Gasteiger partial charge in [0.15, 0.2) is 0 Å². The molecule has 2 heterocycles. The molecular formula is C30H22F4N4O2. The van der Waals surface area contributed by atoms with Crippen molar-refractivity contribution in [3.8, 4) is 18.0 Å². The van der Waals surface area contributed by atoms with Gasteiger partial charge in [-0.05, 0) is 60.9 Å². The third-order valence-electron chi connectivity index (χ3n) is 6.75. The van der Waals surface area contributed by atoms with Crippen LogP contribution in [0.2, 0.25) is 0 Å². The first-order valence-corrected chi connectivity index (χ1v) is 12.3. The number of hydrogen-bond acceptors (Lipinski definition) is 3. The number of halogens is 4. The highest BCUT2D eigenvalue weighted by Crippen LogP contribution is 2.43. The molecular weight excluding hydrogens is 524 g/mol. The van der Waals surface area contributed by atoms with E-state index in [4.69, 9.17) is 6.42 Å². The van der Waals surface area contributed by atoms with Gasteiger partial charge in [-0.25, -0.2) is 9.07 Å². The first-order chi connectivity index (χ1) is 19.1. The molecule has 0 bridgehead atoms. The summed E-state index contributed by atoms with van der Waals surface area (Å²) in [7, 11) is 0. The van der Waals surface area contributed by atoms with Gasteiger partial charge in [-0.15, -0.1) is 6.42 Å². The van der Waals surface area contributed by atoms with Crippen LogP contribution in [-0.2, 0) is 11.0 Å². The predicted octanol–water partition coefficient (Wildman–Crippen LogP) is 5.31. The van der Waals surface area contributed by atoms with E-state index in [0.29, 0.717) is 22.6 Å². The molecule has 2 atom stereocenters. The molecule has 0 aliphatic carbocycles. The summed E-state index contributed by atoms with van der Waals surface area (Å²) < 4.78 is 55.4. The fourth-order valence-corrected chi connectivity index (χ4v) is 4.95. The summed E-state index contributed by atoms with van der Waals surface area (Å²) in [5.74, 6) is 0.130. The van der Waals surface area contributed by atoms with E-state index in [2.05, 4.69) is 16.3 Å². The minimum atomic E-state index is -4.66. The SMILES string of the molecule is C#Cc1nn(-c2ccccc2)c2c1[C@H](c1ccc(F)cc1)[C@H](NC(=O)c1cccc(C(F)(F)F)c1)C(=O)N2CC. The topological polar surface area (TPSA) is 67.2 Å². The van der Waals surface area contributed by atoms with Gasteiger partial charge in [0.05, 0.1) is 11.3 Å². The van der Waals surface area contributed by atoms with Crippen LogP contribution in [0.15, 0.2) is 78.9 Å². The molecule has 0 unspecified atom stereocenters. The highest BCUT2D eigenvalue weighted by atomic mass is 19.4. The number of terminal acetylenes is 1. The van der Waals surface area contributed by atoms with Crippen molar-refractivity contribution in [1.82, 2.24) is 15.1 Å². The number of carbonyl (C=O) groups is 2. The number of aromatic nitrogens is 2. The van der Waals surface area contributed by atoms with Crippen molar-refractivity contribution in [2.45, 2.75) is 25.1 Å². The maximum atomic E-state index is 14.0. The van der Waals surface area contributed by atoms with Crippen LogP contribution in [0.1, 0.15) is 45.6 Å². The fourth-order valence-electron chi connectivity index (χ4n) is 4.95. The van der Waals surface area contributed by atoms with E-state index in [1.165, 1.54) is 35.2 Å². The van der Waals surface area contributed by atoms with Gasteiger partial charge in [-0.3, -0.25) is 14.5 Å². The Morgan fingerprint density at radius 1 is 1.05 bits per heavy atom. The molecule has 0 saturated heterocycles. The maximum Gasteiger partial charge on any atom is 0.416 e. The zero-order valence-electron chi connectivity index (χ0n) is 21.1. The molecule has 1 N–H and O–H groups in total. The lowest BCUT2D eigenvalue weighted by molar-refractivity contribution is -0.137. The molecule has 202 valence electrons. The summed E-state index contributed by atoms with van der Waals surface area (Å²) in [5, 5.41) is 7.23. The molecule has 6 nitrogen and oxygen atoms in total. The minimum Gasteiger partial charge on any atom is -0.339 e. The van der Waals surface area contributed by atoms with E-state index in [-0.39, 0.29) is 17.8 Å². The molecule has 2 amide bonds. The number of hydrogen-bond donors (Lipinski definition) is 1. The van der Waals surface area contributed by atoms with Gasteiger partial charge in [0, 0.05) is 23.6 Å². The monoisotopic (exact) mass is 546 g/mol. The molecule has 1 aromatic heterocycles. The third-order valence-corrected chi connectivity index (χ3v) is 6.75. The number of amides is 2.